The molecule has 2 heterocycles. The number of nitrogens with one attached hydrogen (secondary N) is 1. The Hall–Kier alpha value is -2.87. The van der Waals surface area contributed by atoms with Crippen molar-refractivity contribution in [2.75, 3.05) is 31.6 Å². The van der Waals surface area contributed by atoms with E-state index in [0.29, 0.717) is 48.7 Å². The van der Waals surface area contributed by atoms with Gasteiger partial charge < -0.3 is 14.8 Å². The van der Waals surface area contributed by atoms with Crippen LogP contribution in [0.5, 0.6) is 0 Å². The molecule has 33 heavy (non-hydrogen) atoms. The number of hydrogen-bond acceptors (Lipinski definition) is 6. The zero-order valence-electron chi connectivity index (χ0n) is 18.9. The SMILES string of the molecule is CC1CN(C(C)C(=O)Nc2cccc3c2C(=O)c2ccccc2C3=O)CC2(CCOCC2)O1. The molecule has 2 atom stereocenters. The molecule has 2 unspecified atom stereocenters. The minimum atomic E-state index is -0.423. The largest absolute Gasteiger partial charge is 0.381 e. The number of benzene rings is 2. The van der Waals surface area contributed by atoms with E-state index in [0.717, 1.165) is 12.8 Å². The molecule has 0 saturated carbocycles. The number of carbonyl (C=O) groups excluding carboxylic acids is 3. The van der Waals surface area contributed by atoms with Crippen LogP contribution < -0.4 is 5.32 Å². The average molecular weight is 449 g/mol. The molecule has 1 spiro atoms. The molecule has 2 aliphatic heterocycles. The van der Waals surface area contributed by atoms with Gasteiger partial charge in [-0.25, -0.2) is 0 Å². The van der Waals surface area contributed by atoms with Crippen LogP contribution in [-0.2, 0) is 14.3 Å². The molecular formula is C26H28N2O5. The van der Waals surface area contributed by atoms with Crippen molar-refractivity contribution >= 4 is 23.2 Å². The molecular weight excluding hydrogens is 420 g/mol. The molecule has 0 bridgehead atoms. The molecule has 2 aromatic rings. The highest BCUT2D eigenvalue weighted by molar-refractivity contribution is 6.30. The highest BCUT2D eigenvalue weighted by Gasteiger charge is 2.43. The molecule has 0 radical (unpaired) electrons. The van der Waals surface area contributed by atoms with Crippen molar-refractivity contribution < 1.29 is 23.9 Å². The number of nitrogens with zero attached hydrogens (tertiary/aromatic N) is 1. The monoisotopic (exact) mass is 448 g/mol. The maximum absolute atomic E-state index is 13.3. The van der Waals surface area contributed by atoms with Crippen molar-refractivity contribution in [1.29, 1.82) is 0 Å². The molecule has 7 heteroatoms. The van der Waals surface area contributed by atoms with E-state index in [1.165, 1.54) is 0 Å². The molecule has 172 valence electrons. The second-order valence-electron chi connectivity index (χ2n) is 9.25. The molecule has 5 rings (SSSR count). The van der Waals surface area contributed by atoms with E-state index in [4.69, 9.17) is 9.47 Å². The summed E-state index contributed by atoms with van der Waals surface area (Å²) in [6.07, 6.45) is 1.63. The fourth-order valence-corrected chi connectivity index (χ4v) is 5.23. The van der Waals surface area contributed by atoms with Crippen LogP contribution in [0.4, 0.5) is 5.69 Å². The van der Waals surface area contributed by atoms with Crippen LogP contribution in [0.15, 0.2) is 42.5 Å². The molecule has 1 aliphatic carbocycles. The van der Waals surface area contributed by atoms with Crippen molar-refractivity contribution in [3.63, 3.8) is 0 Å². The van der Waals surface area contributed by atoms with Gasteiger partial charge in [0, 0.05) is 55.8 Å². The fourth-order valence-electron chi connectivity index (χ4n) is 5.23. The van der Waals surface area contributed by atoms with Gasteiger partial charge in [-0.3, -0.25) is 19.3 Å². The molecule has 7 nitrogen and oxygen atoms in total. The summed E-state index contributed by atoms with van der Waals surface area (Å²) in [5.41, 5.74) is 1.44. The first-order valence-electron chi connectivity index (χ1n) is 11.5. The minimum absolute atomic E-state index is 0.00675. The van der Waals surface area contributed by atoms with E-state index in [1.807, 2.05) is 13.8 Å². The van der Waals surface area contributed by atoms with Gasteiger partial charge in [0.1, 0.15) is 0 Å². The van der Waals surface area contributed by atoms with Gasteiger partial charge in [-0.1, -0.05) is 36.4 Å². The summed E-state index contributed by atoms with van der Waals surface area (Å²) in [6, 6.07) is 11.4. The van der Waals surface area contributed by atoms with Crippen LogP contribution in [-0.4, -0.2) is 66.4 Å². The van der Waals surface area contributed by atoms with Gasteiger partial charge >= 0.3 is 0 Å². The Morgan fingerprint density at radius 1 is 1.03 bits per heavy atom. The normalized spacial score (nSPS) is 23.0. The minimum Gasteiger partial charge on any atom is -0.381 e. The zero-order valence-corrected chi connectivity index (χ0v) is 18.9. The van der Waals surface area contributed by atoms with Crippen LogP contribution in [0.25, 0.3) is 0 Å². The molecule has 2 aromatic carbocycles. The third kappa shape index (κ3) is 3.90. The van der Waals surface area contributed by atoms with Crippen LogP contribution in [0.3, 0.4) is 0 Å². The van der Waals surface area contributed by atoms with Crippen molar-refractivity contribution in [2.24, 2.45) is 0 Å². The fraction of sp³-hybridized carbons (Fsp3) is 0.423. The molecule has 1 amide bonds. The number of morpholine rings is 1. The summed E-state index contributed by atoms with van der Waals surface area (Å²) in [5, 5.41) is 2.94. The van der Waals surface area contributed by atoms with E-state index in [9.17, 15) is 14.4 Å². The zero-order chi connectivity index (χ0) is 23.2. The van der Waals surface area contributed by atoms with Crippen molar-refractivity contribution in [3.8, 4) is 0 Å². The maximum Gasteiger partial charge on any atom is 0.241 e. The number of ketones is 2. The van der Waals surface area contributed by atoms with Crippen LogP contribution >= 0.6 is 0 Å². The summed E-state index contributed by atoms with van der Waals surface area (Å²) in [6.45, 7) is 6.53. The molecule has 2 fully saturated rings. The third-order valence-corrected chi connectivity index (χ3v) is 6.98. The number of rotatable bonds is 3. The first kappa shape index (κ1) is 21.9. The van der Waals surface area contributed by atoms with Gasteiger partial charge in [0.15, 0.2) is 11.6 Å². The summed E-state index contributed by atoms with van der Waals surface area (Å²) in [7, 11) is 0. The second-order valence-corrected chi connectivity index (χ2v) is 9.25. The number of fused-ring (bicyclic) bond motifs is 2. The molecule has 1 N–H and O–H groups in total. The number of anilines is 1. The van der Waals surface area contributed by atoms with Crippen molar-refractivity contribution in [2.45, 2.75) is 44.4 Å². The lowest BCUT2D eigenvalue weighted by Gasteiger charge is -2.48. The molecule has 3 aliphatic rings. The van der Waals surface area contributed by atoms with E-state index in [1.54, 1.807) is 42.5 Å². The van der Waals surface area contributed by atoms with Gasteiger partial charge in [0.2, 0.25) is 5.91 Å². The Kier molecular flexibility index (Phi) is 5.64. The number of amides is 1. The highest BCUT2D eigenvalue weighted by Crippen LogP contribution is 2.34. The van der Waals surface area contributed by atoms with E-state index < -0.39 is 6.04 Å². The quantitative estimate of drug-likeness (QED) is 0.663. The predicted molar refractivity (Wildman–Crippen MR) is 123 cm³/mol. The lowest BCUT2D eigenvalue weighted by molar-refractivity contribution is -0.189. The van der Waals surface area contributed by atoms with Crippen LogP contribution in [0, 0.1) is 0 Å². The second kappa shape index (κ2) is 8.48. The van der Waals surface area contributed by atoms with Gasteiger partial charge in [0.05, 0.1) is 29.0 Å². The molecule has 0 aromatic heterocycles. The smallest absolute Gasteiger partial charge is 0.241 e. The summed E-state index contributed by atoms with van der Waals surface area (Å²) in [4.78, 5) is 41.7. The Morgan fingerprint density at radius 2 is 1.70 bits per heavy atom. The van der Waals surface area contributed by atoms with E-state index in [-0.39, 0.29) is 34.7 Å². The molecule has 2 saturated heterocycles. The van der Waals surface area contributed by atoms with Gasteiger partial charge in [-0.15, -0.1) is 0 Å². The average Bonchev–Trinajstić information content (AvgIpc) is 2.82. The number of ether oxygens (including phenoxy) is 2. The van der Waals surface area contributed by atoms with Crippen molar-refractivity contribution in [1.82, 2.24) is 4.90 Å². The topological polar surface area (TPSA) is 84.9 Å². The van der Waals surface area contributed by atoms with Gasteiger partial charge in [-0.2, -0.15) is 0 Å². The Labute approximate surface area is 193 Å². The van der Waals surface area contributed by atoms with Crippen LogP contribution in [0.2, 0.25) is 0 Å². The predicted octanol–water partition coefficient (Wildman–Crippen LogP) is 3.06. The Bertz CT molecular complexity index is 1120. The summed E-state index contributed by atoms with van der Waals surface area (Å²) >= 11 is 0. The third-order valence-electron chi connectivity index (χ3n) is 6.98. The Balaban J connectivity index is 1.38. The number of hydrogen-bond donors (Lipinski definition) is 1. The van der Waals surface area contributed by atoms with Crippen LogP contribution in [0.1, 0.15) is 58.5 Å². The van der Waals surface area contributed by atoms with Gasteiger partial charge in [-0.05, 0) is 19.9 Å². The van der Waals surface area contributed by atoms with E-state index in [2.05, 4.69) is 10.2 Å². The Morgan fingerprint density at radius 3 is 2.42 bits per heavy atom. The lowest BCUT2D eigenvalue weighted by atomic mass is 9.83. The first-order valence-corrected chi connectivity index (χ1v) is 11.5. The highest BCUT2D eigenvalue weighted by atomic mass is 16.5. The summed E-state index contributed by atoms with van der Waals surface area (Å²) in [5.74, 6) is -0.656. The lowest BCUT2D eigenvalue weighted by Crippen LogP contribution is -2.60. The number of carbonyl (C=O) groups is 3. The standard InChI is InChI=1S/C26H28N2O5/c1-16-14-28(15-26(33-16)10-12-32-13-11-26)17(2)25(31)27-21-9-5-8-20-22(21)24(30)19-7-4-3-6-18(19)23(20)29/h3-9,16-17H,10-15H2,1-2H3,(H,27,31). The maximum atomic E-state index is 13.3. The van der Waals surface area contributed by atoms with Gasteiger partial charge in [0.25, 0.3) is 0 Å². The van der Waals surface area contributed by atoms with Crippen molar-refractivity contribution in [3.05, 3.63) is 64.7 Å². The van der Waals surface area contributed by atoms with E-state index >= 15 is 0 Å². The summed E-state index contributed by atoms with van der Waals surface area (Å²) < 4.78 is 11.8. The first-order chi connectivity index (χ1) is 15.9.